The Morgan fingerprint density at radius 2 is 1.68 bits per heavy atom. The molecule has 0 fully saturated rings. The van der Waals surface area contributed by atoms with Gasteiger partial charge < -0.3 is 0 Å². The van der Waals surface area contributed by atoms with Crippen LogP contribution in [0.25, 0.3) is 0 Å². The Labute approximate surface area is 148 Å². The Morgan fingerprint density at radius 3 is 2.20 bits per heavy atom. The molecule has 2 aromatic carbocycles. The van der Waals surface area contributed by atoms with Gasteiger partial charge in [0.05, 0.1) is 9.82 Å². The van der Waals surface area contributed by atoms with Gasteiger partial charge in [-0.3, -0.25) is 10.1 Å². The minimum Gasteiger partial charge on any atom is -0.258 e. The number of hydrogen-bond donors (Lipinski definition) is 1. The molecule has 0 heterocycles. The van der Waals surface area contributed by atoms with Crippen molar-refractivity contribution in [1.29, 1.82) is 0 Å². The lowest BCUT2D eigenvalue weighted by molar-refractivity contribution is -0.385. The summed E-state index contributed by atoms with van der Waals surface area (Å²) in [5.74, 6) is 0. The van der Waals surface area contributed by atoms with Crippen molar-refractivity contribution in [3.63, 3.8) is 0 Å². The Bertz CT molecular complexity index is 869. The predicted molar refractivity (Wildman–Crippen MR) is 97.0 cm³/mol. The number of nitrogens with one attached hydrogen (secondary N) is 1. The number of non-ortho nitro benzene ring substituents is 1. The smallest absolute Gasteiger partial charge is 0.258 e. The number of hydrogen-bond acceptors (Lipinski definition) is 4. The van der Waals surface area contributed by atoms with Crippen LogP contribution >= 0.6 is 0 Å². The Kier molecular flexibility index (Phi) is 5.29. The van der Waals surface area contributed by atoms with Crippen molar-refractivity contribution < 1.29 is 13.3 Å². The molecule has 7 heteroatoms. The third kappa shape index (κ3) is 4.64. The summed E-state index contributed by atoms with van der Waals surface area (Å²) in [4.78, 5) is 10.1. The zero-order valence-corrected chi connectivity index (χ0v) is 15.5. The summed E-state index contributed by atoms with van der Waals surface area (Å²) in [6.45, 7) is 8.06. The van der Waals surface area contributed by atoms with E-state index in [0.29, 0.717) is 0 Å². The van der Waals surface area contributed by atoms with Crippen molar-refractivity contribution in [1.82, 2.24) is 4.72 Å². The maximum atomic E-state index is 12.5. The van der Waals surface area contributed by atoms with Gasteiger partial charge in [-0.15, -0.1) is 0 Å². The van der Waals surface area contributed by atoms with Gasteiger partial charge in [-0.25, -0.2) is 13.1 Å². The molecule has 0 saturated carbocycles. The molecule has 1 unspecified atom stereocenters. The van der Waals surface area contributed by atoms with Gasteiger partial charge in [0.2, 0.25) is 10.0 Å². The standard InChI is InChI=1S/C18H22N2O4S/c1-13(14-8-10-15(11-9-14)18(2,3)4)19-25(23,24)17-7-5-6-16(12-17)20(21)22/h5-13,19H,1-4H3. The molecule has 25 heavy (non-hydrogen) atoms. The highest BCUT2D eigenvalue weighted by Gasteiger charge is 2.21. The minimum absolute atomic E-state index is 0.0181. The van der Waals surface area contributed by atoms with E-state index in [9.17, 15) is 18.5 Å². The van der Waals surface area contributed by atoms with E-state index in [1.54, 1.807) is 6.92 Å². The normalized spacial score (nSPS) is 13.4. The highest BCUT2D eigenvalue weighted by molar-refractivity contribution is 7.89. The van der Waals surface area contributed by atoms with Gasteiger partial charge in [-0.05, 0) is 29.5 Å². The zero-order valence-electron chi connectivity index (χ0n) is 14.7. The monoisotopic (exact) mass is 362 g/mol. The van der Waals surface area contributed by atoms with Crippen LogP contribution in [0.3, 0.4) is 0 Å². The molecule has 0 bridgehead atoms. The molecular formula is C18H22N2O4S. The fraction of sp³-hybridized carbons (Fsp3) is 0.333. The lowest BCUT2D eigenvalue weighted by Crippen LogP contribution is -2.27. The largest absolute Gasteiger partial charge is 0.270 e. The average molecular weight is 362 g/mol. The molecule has 1 N–H and O–H groups in total. The summed E-state index contributed by atoms with van der Waals surface area (Å²) in [5, 5.41) is 10.8. The number of nitro benzene ring substituents is 1. The molecule has 0 radical (unpaired) electrons. The number of nitrogens with zero attached hydrogens (tertiary/aromatic N) is 1. The van der Waals surface area contributed by atoms with E-state index in [1.165, 1.54) is 18.2 Å². The van der Waals surface area contributed by atoms with Gasteiger partial charge in [0.25, 0.3) is 5.69 Å². The van der Waals surface area contributed by atoms with Gasteiger partial charge in [0.15, 0.2) is 0 Å². The maximum Gasteiger partial charge on any atom is 0.270 e. The van der Waals surface area contributed by atoms with E-state index >= 15 is 0 Å². The molecule has 0 spiro atoms. The van der Waals surface area contributed by atoms with Crippen LogP contribution in [-0.4, -0.2) is 13.3 Å². The molecule has 2 aromatic rings. The Balaban J connectivity index is 2.22. The van der Waals surface area contributed by atoms with Gasteiger partial charge in [-0.1, -0.05) is 51.1 Å². The van der Waals surface area contributed by atoms with Crippen LogP contribution in [0.15, 0.2) is 53.4 Å². The van der Waals surface area contributed by atoms with Crippen LogP contribution < -0.4 is 4.72 Å². The van der Waals surface area contributed by atoms with E-state index in [-0.39, 0.29) is 16.0 Å². The number of nitro groups is 1. The van der Waals surface area contributed by atoms with E-state index in [4.69, 9.17) is 0 Å². The highest BCUT2D eigenvalue weighted by Crippen LogP contribution is 2.25. The third-order valence-electron chi connectivity index (χ3n) is 3.95. The second kappa shape index (κ2) is 6.93. The fourth-order valence-electron chi connectivity index (χ4n) is 2.40. The van der Waals surface area contributed by atoms with Gasteiger partial charge >= 0.3 is 0 Å². The maximum absolute atomic E-state index is 12.5. The van der Waals surface area contributed by atoms with Crippen LogP contribution in [0, 0.1) is 10.1 Å². The van der Waals surface area contributed by atoms with Crippen molar-refractivity contribution in [3.05, 3.63) is 69.8 Å². The summed E-state index contributed by atoms with van der Waals surface area (Å²) < 4.78 is 27.5. The average Bonchev–Trinajstić information content (AvgIpc) is 2.54. The summed E-state index contributed by atoms with van der Waals surface area (Å²) in [5.41, 5.74) is 1.74. The number of sulfonamides is 1. The van der Waals surface area contributed by atoms with Crippen molar-refractivity contribution in [3.8, 4) is 0 Å². The lowest BCUT2D eigenvalue weighted by atomic mass is 9.86. The molecule has 0 aromatic heterocycles. The number of benzene rings is 2. The quantitative estimate of drug-likeness (QED) is 0.644. The second-order valence-electron chi connectivity index (χ2n) is 6.97. The van der Waals surface area contributed by atoms with Gasteiger partial charge in [0, 0.05) is 18.2 Å². The molecular weight excluding hydrogens is 340 g/mol. The molecule has 134 valence electrons. The Hall–Kier alpha value is -2.25. The number of rotatable bonds is 5. The third-order valence-corrected chi connectivity index (χ3v) is 5.49. The van der Waals surface area contributed by atoms with Crippen LogP contribution in [0.1, 0.15) is 44.9 Å². The minimum atomic E-state index is -3.86. The van der Waals surface area contributed by atoms with Gasteiger partial charge in [-0.2, -0.15) is 0 Å². The van der Waals surface area contributed by atoms with Crippen LogP contribution in [0.2, 0.25) is 0 Å². The molecule has 2 rings (SSSR count). The van der Waals surface area contributed by atoms with Crippen molar-refractivity contribution >= 4 is 15.7 Å². The zero-order chi connectivity index (χ0) is 18.8. The van der Waals surface area contributed by atoms with Crippen LogP contribution in [0.4, 0.5) is 5.69 Å². The van der Waals surface area contributed by atoms with E-state index < -0.39 is 21.0 Å². The van der Waals surface area contributed by atoms with E-state index in [1.807, 2.05) is 24.3 Å². The van der Waals surface area contributed by atoms with Crippen LogP contribution in [-0.2, 0) is 15.4 Å². The van der Waals surface area contributed by atoms with Crippen molar-refractivity contribution in [2.45, 2.75) is 44.0 Å². The Morgan fingerprint density at radius 1 is 1.08 bits per heavy atom. The summed E-state index contributed by atoms with van der Waals surface area (Å²) in [7, 11) is -3.86. The highest BCUT2D eigenvalue weighted by atomic mass is 32.2. The van der Waals surface area contributed by atoms with Crippen LogP contribution in [0.5, 0.6) is 0 Å². The van der Waals surface area contributed by atoms with Crippen molar-refractivity contribution in [2.75, 3.05) is 0 Å². The van der Waals surface area contributed by atoms with E-state index in [0.717, 1.165) is 17.2 Å². The molecule has 1 atom stereocenters. The molecule has 0 aliphatic rings. The first kappa shape index (κ1) is 19.1. The summed E-state index contributed by atoms with van der Waals surface area (Å²) in [6.07, 6.45) is 0. The second-order valence-corrected chi connectivity index (χ2v) is 8.68. The SMILES string of the molecule is CC(NS(=O)(=O)c1cccc([N+](=O)[O-])c1)c1ccc(C(C)(C)C)cc1. The molecule has 0 aliphatic heterocycles. The molecule has 0 aliphatic carbocycles. The molecule has 6 nitrogen and oxygen atoms in total. The first-order valence-corrected chi connectivity index (χ1v) is 9.36. The predicted octanol–water partition coefficient (Wildman–Crippen LogP) is 3.93. The summed E-state index contributed by atoms with van der Waals surface area (Å²) in [6, 6.07) is 12.3. The van der Waals surface area contributed by atoms with Gasteiger partial charge in [0.1, 0.15) is 0 Å². The first-order valence-electron chi connectivity index (χ1n) is 7.88. The first-order chi connectivity index (χ1) is 11.5. The molecule has 0 amide bonds. The van der Waals surface area contributed by atoms with E-state index in [2.05, 4.69) is 25.5 Å². The van der Waals surface area contributed by atoms with Crippen molar-refractivity contribution in [2.24, 2.45) is 0 Å². The summed E-state index contributed by atoms with van der Waals surface area (Å²) >= 11 is 0. The lowest BCUT2D eigenvalue weighted by Gasteiger charge is -2.20. The fourth-order valence-corrected chi connectivity index (χ4v) is 3.68. The molecule has 0 saturated heterocycles. The topological polar surface area (TPSA) is 89.3 Å².